The minimum Gasteiger partial charge on any atom is -0.462 e. The van der Waals surface area contributed by atoms with Crippen molar-refractivity contribution in [2.75, 3.05) is 20.6 Å². The molecule has 0 saturated heterocycles. The van der Waals surface area contributed by atoms with Gasteiger partial charge in [-0.3, -0.25) is 4.79 Å². The molecule has 0 aliphatic carbocycles. The third-order valence-electron chi connectivity index (χ3n) is 7.74. The van der Waals surface area contributed by atoms with E-state index in [9.17, 15) is 4.79 Å². The van der Waals surface area contributed by atoms with E-state index in [0.717, 1.165) is 57.9 Å². The van der Waals surface area contributed by atoms with Gasteiger partial charge < -0.3 is 9.64 Å². The predicted octanol–water partition coefficient (Wildman–Crippen LogP) is 11.4. The van der Waals surface area contributed by atoms with Gasteiger partial charge in [-0.2, -0.15) is 0 Å². The molecule has 40 heavy (non-hydrogen) atoms. The lowest BCUT2D eigenvalue weighted by atomic mass is 9.88. The highest BCUT2D eigenvalue weighted by molar-refractivity contribution is 5.69. The molecule has 0 radical (unpaired) electrons. The molecule has 2 unspecified atom stereocenters. The van der Waals surface area contributed by atoms with Crippen LogP contribution in [0.2, 0.25) is 0 Å². The fourth-order valence-electron chi connectivity index (χ4n) is 5.13. The van der Waals surface area contributed by atoms with E-state index in [1.165, 1.54) is 83.5 Å². The summed E-state index contributed by atoms with van der Waals surface area (Å²) >= 11 is 0. The summed E-state index contributed by atoms with van der Waals surface area (Å²) in [5.41, 5.74) is 0. The van der Waals surface area contributed by atoms with Gasteiger partial charge in [0.1, 0.15) is 6.10 Å². The van der Waals surface area contributed by atoms with E-state index in [1.54, 1.807) is 0 Å². The highest BCUT2D eigenvalue weighted by atomic mass is 16.5. The number of esters is 1. The zero-order valence-electron chi connectivity index (χ0n) is 27.6. The van der Waals surface area contributed by atoms with Gasteiger partial charge in [0.05, 0.1) is 0 Å². The topological polar surface area (TPSA) is 29.5 Å². The first kappa shape index (κ1) is 38.6. The second kappa shape index (κ2) is 30.6. The van der Waals surface area contributed by atoms with Gasteiger partial charge in [0, 0.05) is 6.42 Å². The number of allylic oxidation sites excluding steroid dienone is 6. The third kappa shape index (κ3) is 26.9. The first-order valence-corrected chi connectivity index (χ1v) is 17.3. The summed E-state index contributed by atoms with van der Waals surface area (Å²) in [6.45, 7) is 7.81. The van der Waals surface area contributed by atoms with Crippen molar-refractivity contribution in [1.82, 2.24) is 4.90 Å². The van der Waals surface area contributed by atoms with Gasteiger partial charge in [0.15, 0.2) is 0 Å². The molecule has 0 N–H and O–H groups in total. The fourth-order valence-corrected chi connectivity index (χ4v) is 5.13. The Bertz CT molecular complexity index is 622. The SMILES string of the molecule is CCCCC/C=C\CCC(CC/C=C\CCCCCC)C(CC/C=C\CCCCC)OC(=O)CCCCN(C)C. The first-order valence-electron chi connectivity index (χ1n) is 17.3. The zero-order valence-corrected chi connectivity index (χ0v) is 27.6. The van der Waals surface area contributed by atoms with Crippen LogP contribution in [0, 0.1) is 5.92 Å². The molecule has 0 aromatic carbocycles. The van der Waals surface area contributed by atoms with Crippen LogP contribution in [0.3, 0.4) is 0 Å². The second-order valence-electron chi connectivity index (χ2n) is 12.0. The molecule has 234 valence electrons. The Morgan fingerprint density at radius 3 is 1.52 bits per heavy atom. The van der Waals surface area contributed by atoms with Crippen molar-refractivity contribution >= 4 is 5.97 Å². The average molecular weight is 560 g/mol. The van der Waals surface area contributed by atoms with E-state index in [1.807, 2.05) is 0 Å². The number of nitrogens with zero attached hydrogens (tertiary/aromatic N) is 1. The van der Waals surface area contributed by atoms with Crippen LogP contribution in [0.25, 0.3) is 0 Å². The molecular weight excluding hydrogens is 490 g/mol. The van der Waals surface area contributed by atoms with Crippen molar-refractivity contribution in [2.45, 2.75) is 168 Å². The van der Waals surface area contributed by atoms with Crippen molar-refractivity contribution in [3.05, 3.63) is 36.5 Å². The molecule has 0 aromatic heterocycles. The van der Waals surface area contributed by atoms with Gasteiger partial charge in [-0.1, -0.05) is 102 Å². The minimum absolute atomic E-state index is 0.00209. The lowest BCUT2D eigenvalue weighted by Crippen LogP contribution is -2.27. The maximum Gasteiger partial charge on any atom is 0.306 e. The standard InChI is InChI=1S/C37H69NO2/c1-6-9-12-15-18-21-23-26-31-35(30-25-22-19-16-13-10-7-2)36(32-27-24-20-17-14-11-8-3)40-37(39)33-28-29-34-38(4)5/h19-24,35-36H,6-18,25-34H2,1-5H3/b22-19-,23-21-,24-20-. The van der Waals surface area contributed by atoms with Gasteiger partial charge in [-0.25, -0.2) is 0 Å². The molecule has 0 aliphatic rings. The summed E-state index contributed by atoms with van der Waals surface area (Å²) in [5, 5.41) is 0. The molecule has 0 amide bonds. The van der Waals surface area contributed by atoms with E-state index in [2.05, 4.69) is 76.2 Å². The van der Waals surface area contributed by atoms with Gasteiger partial charge >= 0.3 is 5.97 Å². The molecule has 0 saturated carbocycles. The van der Waals surface area contributed by atoms with Crippen LogP contribution in [-0.2, 0) is 9.53 Å². The van der Waals surface area contributed by atoms with Crippen LogP contribution >= 0.6 is 0 Å². The Hall–Kier alpha value is -1.35. The zero-order chi connectivity index (χ0) is 29.5. The number of carbonyl (C=O) groups excluding carboxylic acids is 1. The maximum absolute atomic E-state index is 12.9. The number of ether oxygens (including phenoxy) is 1. The molecule has 0 spiro atoms. The van der Waals surface area contributed by atoms with E-state index in [-0.39, 0.29) is 12.1 Å². The summed E-state index contributed by atoms with van der Waals surface area (Å²) in [7, 11) is 4.18. The van der Waals surface area contributed by atoms with Gasteiger partial charge in [0.25, 0.3) is 0 Å². The van der Waals surface area contributed by atoms with Crippen LogP contribution < -0.4 is 0 Å². The fraction of sp³-hybridized carbons (Fsp3) is 0.811. The summed E-state index contributed by atoms with van der Waals surface area (Å²) in [6.07, 6.45) is 39.6. The van der Waals surface area contributed by atoms with Crippen molar-refractivity contribution in [2.24, 2.45) is 5.92 Å². The molecular formula is C37H69NO2. The van der Waals surface area contributed by atoms with Gasteiger partial charge in [-0.15, -0.1) is 0 Å². The minimum atomic E-state index is 0.00209. The lowest BCUT2D eigenvalue weighted by molar-refractivity contribution is -0.152. The quantitative estimate of drug-likeness (QED) is 0.0518. The summed E-state index contributed by atoms with van der Waals surface area (Å²) < 4.78 is 6.26. The first-order chi connectivity index (χ1) is 19.5. The Morgan fingerprint density at radius 1 is 0.575 bits per heavy atom. The van der Waals surface area contributed by atoms with Crippen LogP contribution in [0.1, 0.15) is 162 Å². The molecule has 0 rings (SSSR count). The Labute approximate surface area is 251 Å². The van der Waals surface area contributed by atoms with Crippen LogP contribution in [0.15, 0.2) is 36.5 Å². The number of unbranched alkanes of at least 4 members (excludes halogenated alkanes) is 11. The van der Waals surface area contributed by atoms with E-state index < -0.39 is 0 Å². The summed E-state index contributed by atoms with van der Waals surface area (Å²) in [4.78, 5) is 15.1. The molecule has 0 aromatic rings. The molecule has 0 fully saturated rings. The summed E-state index contributed by atoms with van der Waals surface area (Å²) in [6, 6.07) is 0. The third-order valence-corrected chi connectivity index (χ3v) is 7.74. The molecule has 0 bridgehead atoms. The van der Waals surface area contributed by atoms with Gasteiger partial charge in [-0.05, 0) is 116 Å². The number of hydrogen-bond acceptors (Lipinski definition) is 3. The Morgan fingerprint density at radius 2 is 1.02 bits per heavy atom. The van der Waals surface area contributed by atoms with Crippen molar-refractivity contribution < 1.29 is 9.53 Å². The number of hydrogen-bond donors (Lipinski definition) is 0. The van der Waals surface area contributed by atoms with E-state index >= 15 is 0 Å². The van der Waals surface area contributed by atoms with Crippen LogP contribution in [0.5, 0.6) is 0 Å². The van der Waals surface area contributed by atoms with Crippen LogP contribution in [-0.4, -0.2) is 37.6 Å². The lowest BCUT2D eigenvalue weighted by Gasteiger charge is -2.27. The summed E-state index contributed by atoms with van der Waals surface area (Å²) in [5.74, 6) is 0.423. The maximum atomic E-state index is 12.9. The largest absolute Gasteiger partial charge is 0.462 e. The molecule has 3 heteroatoms. The molecule has 0 aliphatic heterocycles. The smallest absolute Gasteiger partial charge is 0.306 e. The van der Waals surface area contributed by atoms with Crippen molar-refractivity contribution in [3.8, 4) is 0 Å². The van der Waals surface area contributed by atoms with Crippen molar-refractivity contribution in [3.63, 3.8) is 0 Å². The molecule has 0 heterocycles. The Kier molecular flexibility index (Phi) is 29.6. The second-order valence-corrected chi connectivity index (χ2v) is 12.0. The normalized spacial score (nSPS) is 13.8. The Balaban J connectivity index is 5.16. The number of rotatable bonds is 29. The predicted molar refractivity (Wildman–Crippen MR) is 178 cm³/mol. The van der Waals surface area contributed by atoms with Crippen LogP contribution in [0.4, 0.5) is 0 Å². The monoisotopic (exact) mass is 560 g/mol. The highest BCUT2D eigenvalue weighted by Crippen LogP contribution is 2.26. The van der Waals surface area contributed by atoms with Gasteiger partial charge in [0.2, 0.25) is 0 Å². The number of carbonyl (C=O) groups is 1. The van der Waals surface area contributed by atoms with Crippen molar-refractivity contribution in [1.29, 1.82) is 0 Å². The molecule has 3 nitrogen and oxygen atoms in total. The average Bonchev–Trinajstić information content (AvgIpc) is 2.94. The molecule has 2 atom stereocenters. The van der Waals surface area contributed by atoms with E-state index in [0.29, 0.717) is 12.3 Å². The highest BCUT2D eigenvalue weighted by Gasteiger charge is 2.24. The van der Waals surface area contributed by atoms with E-state index in [4.69, 9.17) is 4.74 Å².